The molecule has 1 aromatic heterocycles. The SMILES string of the molecule is O=C(NCc1cccc(CN2CCCC2)c1)C1CCCN(Cc2nc(-c3cccc(Br)c3)no2)C1. The van der Waals surface area contributed by atoms with E-state index in [0.29, 0.717) is 31.3 Å². The number of nitrogens with one attached hydrogen (secondary N) is 1. The second-order valence-corrected chi connectivity index (χ2v) is 10.5. The third-order valence-electron chi connectivity index (χ3n) is 6.85. The van der Waals surface area contributed by atoms with Gasteiger partial charge in [-0.15, -0.1) is 0 Å². The van der Waals surface area contributed by atoms with Crippen LogP contribution in [-0.2, 0) is 24.4 Å². The number of halogens is 1. The summed E-state index contributed by atoms with van der Waals surface area (Å²) < 4.78 is 6.48. The van der Waals surface area contributed by atoms with Gasteiger partial charge in [-0.2, -0.15) is 4.98 Å². The van der Waals surface area contributed by atoms with Crippen molar-refractivity contribution in [1.29, 1.82) is 0 Å². The Kier molecular flexibility index (Phi) is 7.91. The number of likely N-dealkylation sites (tertiary alicyclic amines) is 2. The van der Waals surface area contributed by atoms with Crippen LogP contribution in [0.5, 0.6) is 0 Å². The van der Waals surface area contributed by atoms with Crippen molar-refractivity contribution in [2.75, 3.05) is 26.2 Å². The normalized spacial score (nSPS) is 19.2. The summed E-state index contributed by atoms with van der Waals surface area (Å²) in [5.41, 5.74) is 3.40. The number of amides is 1. The number of aromatic nitrogens is 2. The van der Waals surface area contributed by atoms with Crippen LogP contribution in [0.4, 0.5) is 0 Å². The molecular weight excluding hydrogens is 506 g/mol. The summed E-state index contributed by atoms with van der Waals surface area (Å²) in [5.74, 6) is 1.26. The Morgan fingerprint density at radius 2 is 1.80 bits per heavy atom. The van der Waals surface area contributed by atoms with Gasteiger partial charge in [0.1, 0.15) is 0 Å². The van der Waals surface area contributed by atoms with Crippen molar-refractivity contribution in [1.82, 2.24) is 25.3 Å². The molecule has 5 rings (SSSR count). The van der Waals surface area contributed by atoms with Gasteiger partial charge in [0.15, 0.2) is 0 Å². The van der Waals surface area contributed by atoms with Gasteiger partial charge in [0.25, 0.3) is 0 Å². The lowest BCUT2D eigenvalue weighted by Crippen LogP contribution is -2.42. The molecule has 35 heavy (non-hydrogen) atoms. The third-order valence-corrected chi connectivity index (χ3v) is 7.34. The van der Waals surface area contributed by atoms with Gasteiger partial charge < -0.3 is 9.84 Å². The number of carbonyl (C=O) groups excluding carboxylic acids is 1. The van der Waals surface area contributed by atoms with Crippen LogP contribution in [0.2, 0.25) is 0 Å². The van der Waals surface area contributed by atoms with Crippen LogP contribution < -0.4 is 5.32 Å². The fourth-order valence-electron chi connectivity index (χ4n) is 5.04. The van der Waals surface area contributed by atoms with Gasteiger partial charge in [-0.25, -0.2) is 0 Å². The molecule has 0 aliphatic carbocycles. The molecule has 2 aliphatic rings. The summed E-state index contributed by atoms with van der Waals surface area (Å²) in [6, 6.07) is 16.5. The average Bonchev–Trinajstić information content (AvgIpc) is 3.55. The van der Waals surface area contributed by atoms with E-state index in [9.17, 15) is 4.79 Å². The van der Waals surface area contributed by atoms with Gasteiger partial charge in [-0.05, 0) is 68.6 Å². The Bertz CT molecular complexity index is 1140. The zero-order valence-electron chi connectivity index (χ0n) is 20.0. The van der Waals surface area contributed by atoms with E-state index in [0.717, 1.165) is 41.5 Å². The number of nitrogens with zero attached hydrogens (tertiary/aromatic N) is 4. The Morgan fingerprint density at radius 3 is 2.66 bits per heavy atom. The van der Waals surface area contributed by atoms with Crippen LogP contribution in [0.25, 0.3) is 11.4 Å². The second-order valence-electron chi connectivity index (χ2n) is 9.62. The second kappa shape index (κ2) is 11.5. The number of benzene rings is 2. The summed E-state index contributed by atoms with van der Waals surface area (Å²) in [7, 11) is 0. The number of rotatable bonds is 8. The molecule has 0 bridgehead atoms. The highest BCUT2D eigenvalue weighted by Gasteiger charge is 2.27. The largest absolute Gasteiger partial charge is 0.352 e. The summed E-state index contributed by atoms with van der Waals surface area (Å²) in [4.78, 5) is 22.3. The van der Waals surface area contributed by atoms with Gasteiger partial charge in [-0.1, -0.05) is 57.5 Å². The molecule has 7 nitrogen and oxygen atoms in total. The Hall–Kier alpha value is -2.55. The maximum atomic E-state index is 13.0. The van der Waals surface area contributed by atoms with Crippen molar-refractivity contribution in [3.8, 4) is 11.4 Å². The van der Waals surface area contributed by atoms with E-state index in [1.807, 2.05) is 24.3 Å². The van der Waals surface area contributed by atoms with E-state index in [-0.39, 0.29) is 11.8 Å². The zero-order chi connectivity index (χ0) is 24.0. The molecule has 2 saturated heterocycles. The molecule has 184 valence electrons. The molecule has 3 heterocycles. The van der Waals surface area contributed by atoms with Crippen LogP contribution in [-0.4, -0.2) is 52.0 Å². The lowest BCUT2D eigenvalue weighted by molar-refractivity contribution is -0.127. The predicted octanol–water partition coefficient (Wildman–Crippen LogP) is 4.62. The van der Waals surface area contributed by atoms with Crippen LogP contribution in [0, 0.1) is 5.92 Å². The topological polar surface area (TPSA) is 74.5 Å². The fraction of sp³-hybridized carbons (Fsp3) is 0.444. The van der Waals surface area contributed by atoms with Crippen LogP contribution in [0.3, 0.4) is 0 Å². The molecule has 1 N–H and O–H groups in total. The minimum Gasteiger partial charge on any atom is -0.352 e. The Morgan fingerprint density at radius 1 is 1.00 bits per heavy atom. The third kappa shape index (κ3) is 6.57. The van der Waals surface area contributed by atoms with Gasteiger partial charge in [0.05, 0.1) is 12.5 Å². The highest BCUT2D eigenvalue weighted by Crippen LogP contribution is 2.22. The number of carbonyl (C=O) groups is 1. The van der Waals surface area contributed by atoms with Crippen LogP contribution in [0.1, 0.15) is 42.7 Å². The first-order valence-electron chi connectivity index (χ1n) is 12.5. The number of hydrogen-bond donors (Lipinski definition) is 1. The first-order chi connectivity index (χ1) is 17.1. The van der Waals surface area contributed by atoms with Crippen LogP contribution in [0.15, 0.2) is 57.5 Å². The minimum atomic E-state index is -0.0241. The monoisotopic (exact) mass is 537 g/mol. The van der Waals surface area contributed by atoms with Gasteiger partial charge in [-0.3, -0.25) is 14.6 Å². The molecular formula is C27H32BrN5O2. The van der Waals surface area contributed by atoms with E-state index in [4.69, 9.17) is 4.52 Å². The predicted molar refractivity (Wildman–Crippen MR) is 138 cm³/mol. The molecule has 0 saturated carbocycles. The van der Waals surface area contributed by atoms with E-state index in [2.05, 4.69) is 65.5 Å². The van der Waals surface area contributed by atoms with E-state index in [1.54, 1.807) is 0 Å². The molecule has 3 aromatic rings. The number of hydrogen-bond acceptors (Lipinski definition) is 6. The molecule has 1 atom stereocenters. The van der Waals surface area contributed by atoms with Crippen molar-refractivity contribution in [2.45, 2.75) is 45.3 Å². The molecule has 1 unspecified atom stereocenters. The highest BCUT2D eigenvalue weighted by molar-refractivity contribution is 9.10. The molecule has 2 aromatic carbocycles. The molecule has 2 fully saturated rings. The first-order valence-corrected chi connectivity index (χ1v) is 13.3. The van der Waals surface area contributed by atoms with Crippen LogP contribution >= 0.6 is 15.9 Å². The summed E-state index contributed by atoms with van der Waals surface area (Å²) in [5, 5.41) is 7.30. The molecule has 8 heteroatoms. The van der Waals surface area contributed by atoms with Crippen molar-refractivity contribution in [3.05, 3.63) is 70.0 Å². The van der Waals surface area contributed by atoms with E-state index < -0.39 is 0 Å². The van der Waals surface area contributed by atoms with Crippen molar-refractivity contribution < 1.29 is 9.32 Å². The Balaban J connectivity index is 1.12. The quantitative estimate of drug-likeness (QED) is 0.451. The lowest BCUT2D eigenvalue weighted by Gasteiger charge is -2.30. The fourth-order valence-corrected chi connectivity index (χ4v) is 5.44. The standard InChI is InChI=1S/C27H32BrN5O2/c28-24-10-4-8-22(15-24)26-30-25(35-31-26)19-33-13-5-9-23(18-33)27(34)29-16-20-6-3-7-21(14-20)17-32-11-1-2-12-32/h3-4,6-8,10,14-15,23H,1-2,5,9,11-13,16-19H2,(H,29,34). The summed E-state index contributed by atoms with van der Waals surface area (Å²) in [6.07, 6.45) is 4.49. The summed E-state index contributed by atoms with van der Waals surface area (Å²) in [6.45, 7) is 6.14. The molecule has 1 amide bonds. The molecule has 2 aliphatic heterocycles. The van der Waals surface area contributed by atoms with Crippen molar-refractivity contribution in [2.24, 2.45) is 5.92 Å². The highest BCUT2D eigenvalue weighted by atomic mass is 79.9. The smallest absolute Gasteiger partial charge is 0.241 e. The first kappa shape index (κ1) is 24.2. The minimum absolute atomic E-state index is 0.0241. The lowest BCUT2D eigenvalue weighted by atomic mass is 9.97. The molecule has 0 spiro atoms. The van der Waals surface area contributed by atoms with E-state index >= 15 is 0 Å². The summed E-state index contributed by atoms with van der Waals surface area (Å²) >= 11 is 3.48. The van der Waals surface area contributed by atoms with Gasteiger partial charge >= 0.3 is 0 Å². The zero-order valence-corrected chi connectivity index (χ0v) is 21.5. The van der Waals surface area contributed by atoms with E-state index in [1.165, 1.54) is 31.5 Å². The molecule has 0 radical (unpaired) electrons. The van der Waals surface area contributed by atoms with Crippen molar-refractivity contribution in [3.63, 3.8) is 0 Å². The Labute approximate surface area is 215 Å². The van der Waals surface area contributed by atoms with Gasteiger partial charge in [0.2, 0.25) is 17.6 Å². The maximum absolute atomic E-state index is 13.0. The van der Waals surface area contributed by atoms with Gasteiger partial charge in [0, 0.05) is 29.7 Å². The average molecular weight is 538 g/mol. The maximum Gasteiger partial charge on any atom is 0.241 e. The van der Waals surface area contributed by atoms with Crippen molar-refractivity contribution >= 4 is 21.8 Å². The number of piperidine rings is 1.